The molecule has 0 spiro atoms. The molecule has 80 valence electrons. The summed E-state index contributed by atoms with van der Waals surface area (Å²) in [6.07, 6.45) is -0.0496. The average Bonchev–Trinajstić information content (AvgIpc) is 2.00. The fourth-order valence-corrected chi connectivity index (χ4v) is 1.18. The minimum absolute atomic E-state index is 0.0380. The Kier molecular flexibility index (Phi) is 3.29. The third-order valence-electron chi connectivity index (χ3n) is 1.96. The SMILES string of the molecule is CN(C)C(=O)N1CC(OCC(N)=O)C1. The van der Waals surface area contributed by atoms with E-state index >= 15 is 0 Å². The molecule has 6 nitrogen and oxygen atoms in total. The first-order chi connectivity index (χ1) is 6.50. The number of primary amides is 1. The van der Waals surface area contributed by atoms with E-state index in [1.54, 1.807) is 19.0 Å². The van der Waals surface area contributed by atoms with E-state index in [1.165, 1.54) is 4.90 Å². The molecule has 0 saturated carbocycles. The molecule has 0 unspecified atom stereocenters. The number of nitrogens with two attached hydrogens (primary N) is 1. The molecule has 0 radical (unpaired) electrons. The van der Waals surface area contributed by atoms with Crippen LogP contribution in [0.15, 0.2) is 0 Å². The number of ether oxygens (including phenoxy) is 1. The molecule has 0 aromatic carbocycles. The summed E-state index contributed by atoms with van der Waals surface area (Å²) in [4.78, 5) is 24.8. The van der Waals surface area contributed by atoms with Crippen molar-refractivity contribution in [3.8, 4) is 0 Å². The third kappa shape index (κ3) is 2.59. The zero-order valence-electron chi connectivity index (χ0n) is 8.40. The number of hydrogen-bond acceptors (Lipinski definition) is 3. The topological polar surface area (TPSA) is 75.9 Å². The first-order valence-corrected chi connectivity index (χ1v) is 4.37. The highest BCUT2D eigenvalue weighted by molar-refractivity contribution is 5.75. The zero-order valence-corrected chi connectivity index (χ0v) is 8.40. The second kappa shape index (κ2) is 4.28. The molecule has 1 heterocycles. The summed E-state index contributed by atoms with van der Waals surface area (Å²) in [5.41, 5.74) is 4.91. The highest BCUT2D eigenvalue weighted by Crippen LogP contribution is 2.12. The Balaban J connectivity index is 2.17. The van der Waals surface area contributed by atoms with Gasteiger partial charge in [-0.1, -0.05) is 0 Å². The van der Waals surface area contributed by atoms with Crippen molar-refractivity contribution in [3.05, 3.63) is 0 Å². The van der Waals surface area contributed by atoms with Gasteiger partial charge in [-0.25, -0.2) is 4.79 Å². The summed E-state index contributed by atoms with van der Waals surface area (Å²) in [5, 5.41) is 0. The molecule has 0 aliphatic carbocycles. The Morgan fingerprint density at radius 1 is 1.50 bits per heavy atom. The van der Waals surface area contributed by atoms with E-state index in [9.17, 15) is 9.59 Å². The summed E-state index contributed by atoms with van der Waals surface area (Å²) < 4.78 is 5.11. The van der Waals surface area contributed by atoms with E-state index in [0.717, 1.165) is 0 Å². The fraction of sp³-hybridized carbons (Fsp3) is 0.750. The molecule has 0 aromatic heterocycles. The predicted octanol–water partition coefficient (Wildman–Crippen LogP) is -1.15. The van der Waals surface area contributed by atoms with Crippen LogP contribution in [0.2, 0.25) is 0 Å². The maximum atomic E-state index is 11.3. The summed E-state index contributed by atoms with van der Waals surface area (Å²) in [6, 6.07) is -0.0380. The molecular formula is C8H15N3O3. The monoisotopic (exact) mass is 201 g/mol. The van der Waals surface area contributed by atoms with Crippen molar-refractivity contribution >= 4 is 11.9 Å². The molecule has 1 fully saturated rings. The minimum Gasteiger partial charge on any atom is -0.368 e. The van der Waals surface area contributed by atoms with Crippen LogP contribution in [0.4, 0.5) is 4.79 Å². The lowest BCUT2D eigenvalue weighted by molar-refractivity contribution is -0.127. The highest BCUT2D eigenvalue weighted by Gasteiger charge is 2.32. The van der Waals surface area contributed by atoms with Crippen LogP contribution in [-0.2, 0) is 9.53 Å². The normalized spacial score (nSPS) is 16.3. The van der Waals surface area contributed by atoms with E-state index in [-0.39, 0.29) is 18.7 Å². The van der Waals surface area contributed by atoms with E-state index in [0.29, 0.717) is 13.1 Å². The van der Waals surface area contributed by atoms with Crippen molar-refractivity contribution in [2.45, 2.75) is 6.10 Å². The largest absolute Gasteiger partial charge is 0.368 e. The lowest BCUT2D eigenvalue weighted by Gasteiger charge is -2.39. The van der Waals surface area contributed by atoms with Crippen molar-refractivity contribution in [2.75, 3.05) is 33.8 Å². The number of amides is 3. The molecule has 0 bridgehead atoms. The molecular weight excluding hydrogens is 186 g/mol. The summed E-state index contributed by atoms with van der Waals surface area (Å²) in [5.74, 6) is -0.484. The number of likely N-dealkylation sites (tertiary alicyclic amines) is 1. The molecule has 14 heavy (non-hydrogen) atoms. The van der Waals surface area contributed by atoms with Gasteiger partial charge >= 0.3 is 6.03 Å². The maximum Gasteiger partial charge on any atom is 0.319 e. The van der Waals surface area contributed by atoms with Crippen LogP contribution in [0.5, 0.6) is 0 Å². The van der Waals surface area contributed by atoms with Gasteiger partial charge in [-0.05, 0) is 0 Å². The molecule has 2 N–H and O–H groups in total. The standard InChI is InChI=1S/C8H15N3O3/c1-10(2)8(13)11-3-6(4-11)14-5-7(9)12/h6H,3-5H2,1-2H3,(H2,9,12). The smallest absolute Gasteiger partial charge is 0.319 e. The maximum absolute atomic E-state index is 11.3. The van der Waals surface area contributed by atoms with Crippen LogP contribution < -0.4 is 5.73 Å². The van der Waals surface area contributed by atoms with Crippen LogP contribution in [0.1, 0.15) is 0 Å². The van der Waals surface area contributed by atoms with Gasteiger partial charge in [0, 0.05) is 14.1 Å². The molecule has 1 saturated heterocycles. The lowest BCUT2D eigenvalue weighted by atomic mass is 10.2. The second-order valence-electron chi connectivity index (χ2n) is 3.48. The first-order valence-electron chi connectivity index (χ1n) is 4.37. The predicted molar refractivity (Wildman–Crippen MR) is 49.6 cm³/mol. The Morgan fingerprint density at radius 2 is 2.07 bits per heavy atom. The fourth-order valence-electron chi connectivity index (χ4n) is 1.18. The van der Waals surface area contributed by atoms with Crippen LogP contribution in [0.3, 0.4) is 0 Å². The van der Waals surface area contributed by atoms with E-state index in [4.69, 9.17) is 10.5 Å². The number of hydrogen-bond donors (Lipinski definition) is 1. The van der Waals surface area contributed by atoms with E-state index < -0.39 is 5.91 Å². The average molecular weight is 201 g/mol. The Bertz CT molecular complexity index is 236. The van der Waals surface area contributed by atoms with Gasteiger partial charge in [0.15, 0.2) is 0 Å². The Hall–Kier alpha value is -1.30. The number of urea groups is 1. The van der Waals surface area contributed by atoms with Crippen molar-refractivity contribution in [1.82, 2.24) is 9.80 Å². The summed E-state index contributed by atoms with van der Waals surface area (Å²) in [6.45, 7) is 0.989. The van der Waals surface area contributed by atoms with Crippen molar-refractivity contribution in [3.63, 3.8) is 0 Å². The third-order valence-corrected chi connectivity index (χ3v) is 1.96. The van der Waals surface area contributed by atoms with Gasteiger partial charge in [-0.3, -0.25) is 4.79 Å². The molecule has 1 aliphatic rings. The highest BCUT2D eigenvalue weighted by atomic mass is 16.5. The molecule has 0 atom stereocenters. The minimum atomic E-state index is -0.484. The van der Waals surface area contributed by atoms with Gasteiger partial charge in [0.25, 0.3) is 0 Å². The Labute approximate surface area is 82.6 Å². The van der Waals surface area contributed by atoms with Crippen LogP contribution in [-0.4, -0.2) is 61.6 Å². The zero-order chi connectivity index (χ0) is 10.7. The van der Waals surface area contributed by atoms with Crippen molar-refractivity contribution < 1.29 is 14.3 Å². The quantitative estimate of drug-likeness (QED) is 0.626. The van der Waals surface area contributed by atoms with E-state index in [2.05, 4.69) is 0 Å². The number of rotatable bonds is 3. The number of carbonyl (C=O) groups is 2. The first kappa shape index (κ1) is 10.8. The van der Waals surface area contributed by atoms with Gasteiger partial charge in [0.1, 0.15) is 6.61 Å². The molecule has 6 heteroatoms. The van der Waals surface area contributed by atoms with Crippen LogP contribution in [0.25, 0.3) is 0 Å². The van der Waals surface area contributed by atoms with Gasteiger partial charge in [-0.2, -0.15) is 0 Å². The van der Waals surface area contributed by atoms with Crippen LogP contribution in [0, 0.1) is 0 Å². The van der Waals surface area contributed by atoms with Gasteiger partial charge in [0.05, 0.1) is 19.2 Å². The molecule has 1 aliphatic heterocycles. The van der Waals surface area contributed by atoms with E-state index in [1.807, 2.05) is 0 Å². The molecule has 3 amide bonds. The summed E-state index contributed by atoms with van der Waals surface area (Å²) in [7, 11) is 3.39. The molecule has 1 rings (SSSR count). The van der Waals surface area contributed by atoms with Gasteiger partial charge < -0.3 is 20.3 Å². The van der Waals surface area contributed by atoms with Gasteiger partial charge in [-0.15, -0.1) is 0 Å². The lowest BCUT2D eigenvalue weighted by Crippen LogP contribution is -2.57. The van der Waals surface area contributed by atoms with Crippen molar-refractivity contribution in [1.29, 1.82) is 0 Å². The number of nitrogens with zero attached hydrogens (tertiary/aromatic N) is 2. The van der Waals surface area contributed by atoms with Crippen molar-refractivity contribution in [2.24, 2.45) is 5.73 Å². The van der Waals surface area contributed by atoms with Crippen LogP contribution >= 0.6 is 0 Å². The second-order valence-corrected chi connectivity index (χ2v) is 3.48. The Morgan fingerprint density at radius 3 is 2.50 bits per heavy atom. The van der Waals surface area contributed by atoms with Gasteiger partial charge in [0.2, 0.25) is 5.91 Å². The molecule has 0 aromatic rings. The summed E-state index contributed by atoms with van der Waals surface area (Å²) >= 11 is 0. The number of carbonyl (C=O) groups excluding carboxylic acids is 2.